The molecule has 0 aromatic heterocycles. The summed E-state index contributed by atoms with van der Waals surface area (Å²) in [6.45, 7) is 9.36. The van der Waals surface area contributed by atoms with E-state index in [1.54, 1.807) is 12.2 Å². The molecule has 0 saturated carbocycles. The first-order chi connectivity index (χ1) is 6.61. The van der Waals surface area contributed by atoms with Crippen molar-refractivity contribution in [2.45, 2.75) is 6.92 Å². The van der Waals surface area contributed by atoms with Crippen LogP contribution in [0.15, 0.2) is 48.7 Å². The molecule has 0 saturated heterocycles. The summed E-state index contributed by atoms with van der Waals surface area (Å²) in [5.74, 6) is -0.490. The van der Waals surface area contributed by atoms with Crippen LogP contribution in [0.1, 0.15) is 6.92 Å². The van der Waals surface area contributed by atoms with Crippen LogP contribution in [0.5, 0.6) is 0 Å². The second-order valence-corrected chi connectivity index (χ2v) is 2.68. The fourth-order valence-corrected chi connectivity index (χ4v) is 0.776. The lowest BCUT2D eigenvalue weighted by molar-refractivity contribution is -0.114. The molecule has 0 fully saturated rings. The normalized spacial score (nSPS) is 11.4. The average Bonchev–Trinajstić information content (AvgIpc) is 2.14. The Kier molecular flexibility index (Phi) is 5.87. The summed E-state index contributed by atoms with van der Waals surface area (Å²) in [5.41, 5.74) is 6.25. The first-order valence-electron chi connectivity index (χ1n) is 4.28. The van der Waals surface area contributed by atoms with Crippen molar-refractivity contribution in [1.29, 1.82) is 0 Å². The van der Waals surface area contributed by atoms with Gasteiger partial charge in [0.25, 0.3) is 0 Å². The van der Waals surface area contributed by atoms with Gasteiger partial charge in [-0.3, -0.25) is 4.79 Å². The summed E-state index contributed by atoms with van der Waals surface area (Å²) in [4.78, 5) is 10.7. The molecule has 0 aliphatic carbocycles. The molecule has 3 N–H and O–H groups in total. The van der Waals surface area contributed by atoms with E-state index in [4.69, 9.17) is 5.73 Å². The van der Waals surface area contributed by atoms with E-state index in [2.05, 4.69) is 18.5 Å². The number of carbonyl (C=O) groups is 1. The molecule has 3 heteroatoms. The van der Waals surface area contributed by atoms with Crippen LogP contribution in [0.3, 0.4) is 0 Å². The lowest BCUT2D eigenvalue weighted by atomic mass is 10.2. The van der Waals surface area contributed by atoms with E-state index in [9.17, 15) is 4.79 Å². The van der Waals surface area contributed by atoms with Gasteiger partial charge in [0.2, 0.25) is 5.91 Å². The molecule has 0 bridgehead atoms. The molecular formula is C11H16N2O. The molecule has 0 unspecified atom stereocenters. The molecule has 0 aromatic rings. The monoisotopic (exact) mass is 192 g/mol. The number of nitrogens with one attached hydrogen (secondary N) is 1. The number of allylic oxidation sites excluding steroid dienone is 4. The van der Waals surface area contributed by atoms with E-state index in [-0.39, 0.29) is 0 Å². The maximum atomic E-state index is 10.7. The molecule has 0 aromatic carbocycles. The number of rotatable bonds is 6. The summed E-state index contributed by atoms with van der Waals surface area (Å²) < 4.78 is 0. The Morgan fingerprint density at radius 2 is 2.21 bits per heavy atom. The fourth-order valence-electron chi connectivity index (χ4n) is 0.776. The van der Waals surface area contributed by atoms with E-state index in [0.29, 0.717) is 12.1 Å². The molecule has 0 heterocycles. The Bertz CT molecular complexity index is 288. The Morgan fingerprint density at radius 3 is 2.64 bits per heavy atom. The summed E-state index contributed by atoms with van der Waals surface area (Å²) >= 11 is 0. The van der Waals surface area contributed by atoms with Crippen LogP contribution in [0.2, 0.25) is 0 Å². The summed E-state index contributed by atoms with van der Waals surface area (Å²) in [7, 11) is 0. The number of amides is 1. The molecule has 76 valence electrons. The SMILES string of the molecule is C=C/C=C(\C=C/C)NCC(=C)C(N)=O. The van der Waals surface area contributed by atoms with Gasteiger partial charge in [0.1, 0.15) is 0 Å². The van der Waals surface area contributed by atoms with E-state index in [1.807, 2.05) is 19.1 Å². The fraction of sp³-hybridized carbons (Fsp3) is 0.182. The van der Waals surface area contributed by atoms with E-state index < -0.39 is 5.91 Å². The number of primary amides is 1. The quantitative estimate of drug-likeness (QED) is 0.492. The highest BCUT2D eigenvalue weighted by Crippen LogP contribution is 1.94. The second kappa shape index (κ2) is 6.71. The van der Waals surface area contributed by atoms with Crippen molar-refractivity contribution in [3.63, 3.8) is 0 Å². The van der Waals surface area contributed by atoms with E-state index >= 15 is 0 Å². The van der Waals surface area contributed by atoms with Gasteiger partial charge < -0.3 is 11.1 Å². The molecule has 0 spiro atoms. The van der Waals surface area contributed by atoms with E-state index in [1.165, 1.54) is 0 Å². The van der Waals surface area contributed by atoms with Crippen LogP contribution in [-0.4, -0.2) is 12.5 Å². The van der Waals surface area contributed by atoms with Crippen molar-refractivity contribution < 1.29 is 4.79 Å². The van der Waals surface area contributed by atoms with Crippen LogP contribution in [0.25, 0.3) is 0 Å². The molecule has 3 nitrogen and oxygen atoms in total. The lowest BCUT2D eigenvalue weighted by Gasteiger charge is -2.06. The van der Waals surface area contributed by atoms with Crippen molar-refractivity contribution in [2.75, 3.05) is 6.54 Å². The predicted molar refractivity (Wildman–Crippen MR) is 59.4 cm³/mol. The molecule has 14 heavy (non-hydrogen) atoms. The van der Waals surface area contributed by atoms with Gasteiger partial charge in [-0.2, -0.15) is 0 Å². The van der Waals surface area contributed by atoms with Gasteiger partial charge in [-0.25, -0.2) is 0 Å². The zero-order valence-electron chi connectivity index (χ0n) is 8.42. The van der Waals surface area contributed by atoms with Crippen LogP contribution < -0.4 is 11.1 Å². The van der Waals surface area contributed by atoms with Crippen molar-refractivity contribution in [1.82, 2.24) is 5.32 Å². The third-order valence-corrected chi connectivity index (χ3v) is 1.50. The third kappa shape index (κ3) is 4.98. The van der Waals surface area contributed by atoms with Crippen molar-refractivity contribution >= 4 is 5.91 Å². The second-order valence-electron chi connectivity index (χ2n) is 2.68. The van der Waals surface area contributed by atoms with E-state index in [0.717, 1.165) is 5.70 Å². The van der Waals surface area contributed by atoms with Gasteiger partial charge in [0.15, 0.2) is 0 Å². The van der Waals surface area contributed by atoms with Gasteiger partial charge in [-0.15, -0.1) is 0 Å². The zero-order valence-corrected chi connectivity index (χ0v) is 8.42. The molecule has 0 aliphatic rings. The van der Waals surface area contributed by atoms with Crippen LogP contribution in [-0.2, 0) is 4.79 Å². The number of nitrogens with two attached hydrogens (primary N) is 1. The summed E-state index contributed by atoms with van der Waals surface area (Å²) in [6, 6.07) is 0. The van der Waals surface area contributed by atoms with Gasteiger partial charge in [0, 0.05) is 17.8 Å². The minimum atomic E-state index is -0.490. The summed E-state index contributed by atoms with van der Waals surface area (Å²) in [6.07, 6.45) is 7.22. The zero-order chi connectivity index (χ0) is 11.0. The molecule has 0 rings (SSSR count). The smallest absolute Gasteiger partial charge is 0.245 e. The topological polar surface area (TPSA) is 55.1 Å². The average molecular weight is 192 g/mol. The van der Waals surface area contributed by atoms with Gasteiger partial charge in [0.05, 0.1) is 0 Å². The van der Waals surface area contributed by atoms with Crippen LogP contribution in [0, 0.1) is 0 Å². The maximum Gasteiger partial charge on any atom is 0.245 e. The summed E-state index contributed by atoms with van der Waals surface area (Å²) in [5, 5.41) is 3.01. The standard InChI is InChI=1S/C11H16N2O/c1-4-6-10(7-5-2)13-8-9(3)11(12)14/h4-7,13H,1,3,8H2,2H3,(H2,12,14)/b7-5-,10-6+. The Morgan fingerprint density at radius 1 is 1.57 bits per heavy atom. The first-order valence-corrected chi connectivity index (χ1v) is 4.28. The first kappa shape index (κ1) is 12.2. The van der Waals surface area contributed by atoms with Gasteiger partial charge in [-0.05, 0) is 19.1 Å². The van der Waals surface area contributed by atoms with Crippen molar-refractivity contribution in [2.24, 2.45) is 5.73 Å². The van der Waals surface area contributed by atoms with Crippen molar-refractivity contribution in [3.05, 3.63) is 48.7 Å². The minimum absolute atomic E-state index is 0.347. The van der Waals surface area contributed by atoms with Gasteiger partial charge >= 0.3 is 0 Å². The molecule has 0 aliphatic heterocycles. The minimum Gasteiger partial charge on any atom is -0.381 e. The molecule has 0 atom stereocenters. The number of hydrogen-bond acceptors (Lipinski definition) is 2. The third-order valence-electron chi connectivity index (χ3n) is 1.50. The predicted octanol–water partition coefficient (Wildman–Crippen LogP) is 1.26. The number of hydrogen-bond donors (Lipinski definition) is 2. The van der Waals surface area contributed by atoms with Crippen LogP contribution >= 0.6 is 0 Å². The highest BCUT2D eigenvalue weighted by Gasteiger charge is 2.00. The molecular weight excluding hydrogens is 176 g/mol. The molecule has 0 radical (unpaired) electrons. The Balaban J connectivity index is 4.20. The molecule has 1 amide bonds. The highest BCUT2D eigenvalue weighted by molar-refractivity contribution is 5.91. The highest BCUT2D eigenvalue weighted by atomic mass is 16.1. The Labute approximate surface area is 84.7 Å². The Hall–Kier alpha value is -1.77. The van der Waals surface area contributed by atoms with Gasteiger partial charge in [-0.1, -0.05) is 25.3 Å². The largest absolute Gasteiger partial charge is 0.381 e. The number of carbonyl (C=O) groups excluding carboxylic acids is 1. The maximum absolute atomic E-state index is 10.7. The lowest BCUT2D eigenvalue weighted by Crippen LogP contribution is -2.23. The van der Waals surface area contributed by atoms with Crippen molar-refractivity contribution in [3.8, 4) is 0 Å². The van der Waals surface area contributed by atoms with Crippen LogP contribution in [0.4, 0.5) is 0 Å².